The van der Waals surface area contributed by atoms with Crippen molar-refractivity contribution in [1.29, 1.82) is 0 Å². The first-order valence-corrected chi connectivity index (χ1v) is 10.5. The van der Waals surface area contributed by atoms with Crippen LogP contribution in [0.25, 0.3) is 0 Å². The number of nitrogens with zero attached hydrogens (tertiary/aromatic N) is 4. The number of piperidine rings is 1. The van der Waals surface area contributed by atoms with Gasteiger partial charge in [0.15, 0.2) is 0 Å². The van der Waals surface area contributed by atoms with Crippen molar-refractivity contribution < 1.29 is 9.53 Å². The van der Waals surface area contributed by atoms with Crippen molar-refractivity contribution >= 4 is 5.91 Å². The second-order valence-electron chi connectivity index (χ2n) is 8.51. The highest BCUT2D eigenvalue weighted by atomic mass is 16.5. The van der Waals surface area contributed by atoms with Crippen molar-refractivity contribution in [2.75, 3.05) is 19.6 Å². The molecule has 2 aliphatic rings. The fourth-order valence-corrected chi connectivity index (χ4v) is 4.56. The summed E-state index contributed by atoms with van der Waals surface area (Å²) in [6, 6.07) is 8.03. The number of amides is 1. The van der Waals surface area contributed by atoms with E-state index in [4.69, 9.17) is 4.74 Å². The highest BCUT2D eigenvalue weighted by Gasteiger charge is 2.42. The Balaban J connectivity index is 1.24. The number of ether oxygens (including phenoxy) is 1. The van der Waals surface area contributed by atoms with E-state index in [0.717, 1.165) is 62.4 Å². The number of hydrogen-bond donors (Lipinski definition) is 1. The molecule has 1 N–H and O–H groups in total. The molecule has 29 heavy (non-hydrogen) atoms. The number of hydrogen-bond acceptors (Lipinski definition) is 5. The van der Waals surface area contributed by atoms with E-state index in [0.29, 0.717) is 12.2 Å². The third-order valence-corrected chi connectivity index (χ3v) is 6.16. The number of nitrogens with one attached hydrogen (secondary N) is 1. The molecule has 2 fully saturated rings. The van der Waals surface area contributed by atoms with Crippen LogP contribution >= 0.6 is 0 Å². The zero-order valence-corrected chi connectivity index (χ0v) is 17.6. The van der Waals surface area contributed by atoms with Gasteiger partial charge >= 0.3 is 0 Å². The van der Waals surface area contributed by atoms with Crippen LogP contribution in [0.15, 0.2) is 24.3 Å². The van der Waals surface area contributed by atoms with Gasteiger partial charge in [0.05, 0.1) is 23.1 Å². The molecule has 0 aliphatic carbocycles. The van der Waals surface area contributed by atoms with Crippen LogP contribution in [0.3, 0.4) is 0 Å². The molecular weight excluding hydrogens is 366 g/mol. The molecule has 2 saturated heterocycles. The van der Waals surface area contributed by atoms with Gasteiger partial charge in [0.2, 0.25) is 0 Å². The van der Waals surface area contributed by atoms with Gasteiger partial charge in [-0.15, -0.1) is 0 Å². The standard InChI is InChI=1S/C22H31N5O2/c1-16-5-4-6-18(24-16)15-27-11-9-22(10-12-27)8-7-19(29-22)14-23-21(28)20-13-17(2)25-26(20)3/h4-6,13,19H,7-12,14-15H2,1-3H3,(H,23,28). The lowest BCUT2D eigenvalue weighted by molar-refractivity contribution is -0.0765. The Bertz CT molecular complexity index is 870. The Morgan fingerprint density at radius 1 is 1.24 bits per heavy atom. The summed E-state index contributed by atoms with van der Waals surface area (Å²) in [5.74, 6) is -0.0851. The van der Waals surface area contributed by atoms with Crippen molar-refractivity contribution in [3.8, 4) is 0 Å². The molecule has 2 aliphatic heterocycles. The molecule has 0 saturated carbocycles. The van der Waals surface area contributed by atoms with Gasteiger partial charge in [-0.25, -0.2) is 0 Å². The summed E-state index contributed by atoms with van der Waals surface area (Å²) in [7, 11) is 1.79. The van der Waals surface area contributed by atoms with Crippen LogP contribution in [0, 0.1) is 13.8 Å². The van der Waals surface area contributed by atoms with Crippen molar-refractivity contribution in [2.24, 2.45) is 7.05 Å². The first-order valence-electron chi connectivity index (χ1n) is 10.5. The number of rotatable bonds is 5. The highest BCUT2D eigenvalue weighted by molar-refractivity contribution is 5.92. The summed E-state index contributed by atoms with van der Waals surface area (Å²) in [6.45, 7) is 7.45. The zero-order chi connectivity index (χ0) is 20.4. The van der Waals surface area contributed by atoms with Crippen LogP contribution in [-0.4, -0.2) is 56.9 Å². The maximum Gasteiger partial charge on any atom is 0.269 e. The average molecular weight is 398 g/mol. The quantitative estimate of drug-likeness (QED) is 0.839. The molecule has 7 heteroatoms. The maximum atomic E-state index is 12.4. The molecule has 4 heterocycles. The Labute approximate surface area is 172 Å². The Morgan fingerprint density at radius 3 is 2.72 bits per heavy atom. The summed E-state index contributed by atoms with van der Waals surface area (Å²) in [5.41, 5.74) is 3.63. The number of carbonyl (C=O) groups excluding carboxylic acids is 1. The molecule has 4 rings (SSSR count). The smallest absolute Gasteiger partial charge is 0.269 e. The molecule has 1 atom stereocenters. The summed E-state index contributed by atoms with van der Waals surface area (Å²) in [6.07, 6.45) is 4.27. The van der Waals surface area contributed by atoms with Crippen LogP contribution in [0.5, 0.6) is 0 Å². The molecule has 156 valence electrons. The second kappa shape index (κ2) is 8.24. The number of pyridine rings is 1. The molecule has 0 radical (unpaired) electrons. The van der Waals surface area contributed by atoms with Crippen LogP contribution in [0.2, 0.25) is 0 Å². The molecule has 1 amide bonds. The van der Waals surface area contributed by atoms with Crippen LogP contribution < -0.4 is 5.32 Å². The van der Waals surface area contributed by atoms with E-state index in [1.807, 2.05) is 26.0 Å². The van der Waals surface area contributed by atoms with E-state index in [9.17, 15) is 4.79 Å². The molecule has 0 bridgehead atoms. The SMILES string of the molecule is Cc1cccc(CN2CCC3(CCC(CNC(=O)c4cc(C)nn4C)O3)CC2)n1. The summed E-state index contributed by atoms with van der Waals surface area (Å²) < 4.78 is 8.08. The molecule has 2 aromatic heterocycles. The Kier molecular flexibility index (Phi) is 5.69. The number of carbonyl (C=O) groups is 1. The van der Waals surface area contributed by atoms with E-state index in [-0.39, 0.29) is 17.6 Å². The van der Waals surface area contributed by atoms with Crippen molar-refractivity contribution in [1.82, 2.24) is 25.0 Å². The number of aryl methyl sites for hydroxylation is 3. The van der Waals surface area contributed by atoms with Gasteiger partial charge in [0.1, 0.15) is 5.69 Å². The van der Waals surface area contributed by atoms with Crippen molar-refractivity contribution in [3.05, 3.63) is 47.0 Å². The van der Waals surface area contributed by atoms with Gasteiger partial charge in [-0.3, -0.25) is 19.4 Å². The normalized spacial score (nSPS) is 21.6. The third kappa shape index (κ3) is 4.67. The van der Waals surface area contributed by atoms with Gasteiger partial charge in [-0.05, 0) is 57.7 Å². The first-order chi connectivity index (χ1) is 13.9. The average Bonchev–Trinajstić information content (AvgIpc) is 3.25. The minimum atomic E-state index is -0.0851. The largest absolute Gasteiger partial charge is 0.370 e. The van der Waals surface area contributed by atoms with Crippen molar-refractivity contribution in [2.45, 2.75) is 57.8 Å². The van der Waals surface area contributed by atoms with E-state index in [1.165, 1.54) is 0 Å². The lowest BCUT2D eigenvalue weighted by Gasteiger charge is -2.39. The summed E-state index contributed by atoms with van der Waals surface area (Å²) in [4.78, 5) is 19.5. The van der Waals surface area contributed by atoms with Gasteiger partial charge < -0.3 is 10.1 Å². The number of likely N-dealkylation sites (tertiary alicyclic amines) is 1. The van der Waals surface area contributed by atoms with Gasteiger partial charge in [0, 0.05) is 38.9 Å². The minimum Gasteiger partial charge on any atom is -0.370 e. The molecular formula is C22H31N5O2. The molecule has 0 aromatic carbocycles. The Morgan fingerprint density at radius 2 is 2.03 bits per heavy atom. The van der Waals surface area contributed by atoms with E-state index < -0.39 is 0 Å². The van der Waals surface area contributed by atoms with Crippen molar-refractivity contribution in [3.63, 3.8) is 0 Å². The topological polar surface area (TPSA) is 72.3 Å². The molecule has 1 unspecified atom stereocenters. The van der Waals surface area contributed by atoms with E-state index >= 15 is 0 Å². The fourth-order valence-electron chi connectivity index (χ4n) is 4.56. The predicted octanol–water partition coefficient (Wildman–Crippen LogP) is 2.38. The lowest BCUT2D eigenvalue weighted by Crippen LogP contribution is -2.45. The first kappa shape index (κ1) is 20.0. The predicted molar refractivity (Wildman–Crippen MR) is 111 cm³/mol. The highest BCUT2D eigenvalue weighted by Crippen LogP contribution is 2.39. The minimum absolute atomic E-state index is 0.0188. The Hall–Kier alpha value is -2.25. The van der Waals surface area contributed by atoms with E-state index in [1.54, 1.807) is 11.7 Å². The monoisotopic (exact) mass is 397 g/mol. The zero-order valence-electron chi connectivity index (χ0n) is 17.6. The molecule has 2 aromatic rings. The van der Waals surface area contributed by atoms with Gasteiger partial charge in [-0.1, -0.05) is 6.07 Å². The van der Waals surface area contributed by atoms with Gasteiger partial charge in [-0.2, -0.15) is 5.10 Å². The van der Waals surface area contributed by atoms with Crippen LogP contribution in [-0.2, 0) is 18.3 Å². The maximum absolute atomic E-state index is 12.4. The molecule has 7 nitrogen and oxygen atoms in total. The third-order valence-electron chi connectivity index (χ3n) is 6.16. The summed E-state index contributed by atoms with van der Waals surface area (Å²) in [5, 5.41) is 7.26. The second-order valence-corrected chi connectivity index (χ2v) is 8.51. The molecule has 1 spiro atoms. The lowest BCUT2D eigenvalue weighted by atomic mass is 9.88. The summed E-state index contributed by atoms with van der Waals surface area (Å²) >= 11 is 0. The van der Waals surface area contributed by atoms with Crippen LogP contribution in [0.1, 0.15) is 53.3 Å². The fraction of sp³-hybridized carbons (Fsp3) is 0.591. The number of aromatic nitrogens is 3. The van der Waals surface area contributed by atoms with Gasteiger partial charge in [0.25, 0.3) is 5.91 Å². The van der Waals surface area contributed by atoms with Crippen LogP contribution in [0.4, 0.5) is 0 Å². The van der Waals surface area contributed by atoms with E-state index in [2.05, 4.69) is 32.4 Å².